The molecule has 3 rings (SSSR count). The Morgan fingerprint density at radius 2 is 1.84 bits per heavy atom. The van der Waals surface area contributed by atoms with E-state index >= 15 is 0 Å². The summed E-state index contributed by atoms with van der Waals surface area (Å²) >= 11 is 0. The predicted octanol–water partition coefficient (Wildman–Crippen LogP) is 2.15. The van der Waals surface area contributed by atoms with E-state index in [9.17, 15) is 5.11 Å². The minimum Gasteiger partial charge on any atom is -0.395 e. The van der Waals surface area contributed by atoms with Gasteiger partial charge in [0.1, 0.15) is 0 Å². The quantitative estimate of drug-likeness (QED) is 0.773. The molecule has 3 aliphatic rings. The van der Waals surface area contributed by atoms with Crippen LogP contribution in [0.2, 0.25) is 0 Å². The van der Waals surface area contributed by atoms with Gasteiger partial charge in [-0.25, -0.2) is 0 Å². The van der Waals surface area contributed by atoms with Crippen molar-refractivity contribution in [3.8, 4) is 0 Å². The third-order valence-electron chi connectivity index (χ3n) is 5.51. The maximum Gasteiger partial charge on any atom is 0.0586 e. The predicted molar refractivity (Wildman–Crippen MR) is 78.2 cm³/mol. The van der Waals surface area contributed by atoms with Crippen molar-refractivity contribution in [2.24, 2.45) is 5.41 Å². The zero-order chi connectivity index (χ0) is 13.1. The Balaban J connectivity index is 1.60. The summed E-state index contributed by atoms with van der Waals surface area (Å²) in [5.74, 6) is 0. The topological polar surface area (TPSA) is 35.5 Å². The normalized spacial score (nSPS) is 31.7. The molecule has 0 spiro atoms. The molecular weight excluding hydrogens is 236 g/mol. The van der Waals surface area contributed by atoms with Crippen LogP contribution in [0.3, 0.4) is 0 Å². The van der Waals surface area contributed by atoms with E-state index in [1.54, 1.807) is 0 Å². The van der Waals surface area contributed by atoms with Crippen molar-refractivity contribution in [1.29, 1.82) is 0 Å². The lowest BCUT2D eigenvalue weighted by molar-refractivity contribution is 0.0736. The Labute approximate surface area is 117 Å². The van der Waals surface area contributed by atoms with Crippen molar-refractivity contribution < 1.29 is 5.11 Å². The van der Waals surface area contributed by atoms with Gasteiger partial charge in [-0.1, -0.05) is 19.3 Å². The molecule has 3 nitrogen and oxygen atoms in total. The summed E-state index contributed by atoms with van der Waals surface area (Å²) in [6, 6.07) is 1.27. The molecule has 0 radical (unpaired) electrons. The fraction of sp³-hybridized carbons (Fsp3) is 1.00. The number of hydrogen-bond donors (Lipinski definition) is 2. The Kier molecular flexibility index (Phi) is 4.45. The molecule has 1 heterocycles. The van der Waals surface area contributed by atoms with Gasteiger partial charge in [0.25, 0.3) is 0 Å². The molecule has 0 aromatic carbocycles. The van der Waals surface area contributed by atoms with Crippen LogP contribution in [0.1, 0.15) is 57.8 Å². The van der Waals surface area contributed by atoms with Crippen LogP contribution >= 0.6 is 0 Å². The van der Waals surface area contributed by atoms with Crippen LogP contribution in [0.5, 0.6) is 0 Å². The number of hydrogen-bond acceptors (Lipinski definition) is 3. The van der Waals surface area contributed by atoms with Gasteiger partial charge in [0.05, 0.1) is 6.61 Å². The van der Waals surface area contributed by atoms with Crippen molar-refractivity contribution in [2.75, 3.05) is 26.2 Å². The van der Waals surface area contributed by atoms with Crippen LogP contribution in [-0.2, 0) is 0 Å². The molecular formula is C16H30N2O. The fourth-order valence-corrected chi connectivity index (χ4v) is 4.08. The van der Waals surface area contributed by atoms with Crippen LogP contribution in [-0.4, -0.2) is 48.3 Å². The van der Waals surface area contributed by atoms with Gasteiger partial charge in [-0.2, -0.15) is 0 Å². The van der Waals surface area contributed by atoms with Crippen LogP contribution in [0.25, 0.3) is 0 Å². The van der Waals surface area contributed by atoms with Crippen molar-refractivity contribution in [3.63, 3.8) is 0 Å². The Morgan fingerprint density at radius 3 is 2.53 bits per heavy atom. The van der Waals surface area contributed by atoms with E-state index in [-0.39, 0.29) is 0 Å². The number of nitrogens with zero attached hydrogens (tertiary/aromatic N) is 1. The highest BCUT2D eigenvalue weighted by Crippen LogP contribution is 2.38. The molecule has 0 amide bonds. The van der Waals surface area contributed by atoms with Gasteiger partial charge in [0.15, 0.2) is 0 Å². The van der Waals surface area contributed by atoms with E-state index in [1.807, 2.05) is 0 Å². The minimum atomic E-state index is 0.353. The van der Waals surface area contributed by atoms with Crippen molar-refractivity contribution >= 4 is 0 Å². The average molecular weight is 266 g/mol. The minimum absolute atomic E-state index is 0.353. The zero-order valence-corrected chi connectivity index (χ0v) is 12.2. The van der Waals surface area contributed by atoms with E-state index in [0.29, 0.717) is 18.1 Å². The third kappa shape index (κ3) is 3.50. The monoisotopic (exact) mass is 266 g/mol. The summed E-state index contributed by atoms with van der Waals surface area (Å²) in [5, 5.41) is 13.3. The Hall–Kier alpha value is -0.120. The Bertz CT molecular complexity index is 284. The highest BCUT2D eigenvalue weighted by atomic mass is 16.3. The van der Waals surface area contributed by atoms with Crippen molar-refractivity contribution in [2.45, 2.75) is 69.9 Å². The third-order valence-corrected chi connectivity index (χ3v) is 5.51. The lowest BCUT2D eigenvalue weighted by Gasteiger charge is -2.42. The lowest BCUT2D eigenvalue weighted by atomic mass is 9.73. The van der Waals surface area contributed by atoms with Gasteiger partial charge in [0, 0.05) is 25.2 Å². The maximum absolute atomic E-state index is 9.52. The molecule has 2 saturated carbocycles. The first-order chi connectivity index (χ1) is 9.31. The smallest absolute Gasteiger partial charge is 0.0586 e. The largest absolute Gasteiger partial charge is 0.395 e. The Morgan fingerprint density at radius 1 is 1.05 bits per heavy atom. The molecule has 1 aliphatic heterocycles. The second-order valence-corrected chi connectivity index (χ2v) is 7.16. The van der Waals surface area contributed by atoms with Crippen molar-refractivity contribution in [3.05, 3.63) is 0 Å². The highest BCUT2D eigenvalue weighted by molar-refractivity contribution is 4.93. The summed E-state index contributed by atoms with van der Waals surface area (Å²) in [6.07, 6.45) is 12.3. The summed E-state index contributed by atoms with van der Waals surface area (Å²) in [5.41, 5.74) is 0.499. The number of rotatable bonds is 6. The molecule has 2 aliphatic carbocycles. The van der Waals surface area contributed by atoms with Gasteiger partial charge in [-0.05, 0) is 50.5 Å². The van der Waals surface area contributed by atoms with E-state index in [4.69, 9.17) is 0 Å². The van der Waals surface area contributed by atoms with Crippen LogP contribution in [0.15, 0.2) is 0 Å². The molecule has 1 saturated heterocycles. The lowest BCUT2D eigenvalue weighted by Crippen LogP contribution is -2.47. The van der Waals surface area contributed by atoms with Gasteiger partial charge in [0.2, 0.25) is 0 Å². The van der Waals surface area contributed by atoms with E-state index < -0.39 is 0 Å². The van der Waals surface area contributed by atoms with E-state index in [1.165, 1.54) is 77.4 Å². The SMILES string of the molecule is OCC1CCCN1CC1(CNC2CC2)CCCCC1. The summed E-state index contributed by atoms with van der Waals surface area (Å²) < 4.78 is 0. The van der Waals surface area contributed by atoms with Crippen molar-refractivity contribution in [1.82, 2.24) is 10.2 Å². The second-order valence-electron chi connectivity index (χ2n) is 7.16. The molecule has 2 N–H and O–H groups in total. The number of aliphatic hydroxyl groups excluding tert-OH is 1. The standard InChI is InChI=1S/C16H30N2O/c19-11-15-5-4-10-18(15)13-16(8-2-1-3-9-16)12-17-14-6-7-14/h14-15,17,19H,1-13H2. The van der Waals surface area contributed by atoms with E-state index in [2.05, 4.69) is 10.2 Å². The van der Waals surface area contributed by atoms with E-state index in [0.717, 1.165) is 6.04 Å². The van der Waals surface area contributed by atoms with Gasteiger partial charge in [-0.3, -0.25) is 4.90 Å². The van der Waals surface area contributed by atoms with Gasteiger partial charge < -0.3 is 10.4 Å². The summed E-state index contributed by atoms with van der Waals surface area (Å²) in [6.45, 7) is 3.99. The number of nitrogens with one attached hydrogen (secondary N) is 1. The first-order valence-corrected chi connectivity index (χ1v) is 8.40. The molecule has 3 fully saturated rings. The average Bonchev–Trinajstić information content (AvgIpc) is 3.17. The molecule has 1 atom stereocenters. The fourth-order valence-electron chi connectivity index (χ4n) is 4.08. The van der Waals surface area contributed by atoms with Crippen LogP contribution < -0.4 is 5.32 Å². The van der Waals surface area contributed by atoms with Gasteiger partial charge in [-0.15, -0.1) is 0 Å². The van der Waals surface area contributed by atoms with Gasteiger partial charge >= 0.3 is 0 Å². The highest BCUT2D eigenvalue weighted by Gasteiger charge is 2.38. The molecule has 19 heavy (non-hydrogen) atoms. The molecule has 0 aromatic heterocycles. The molecule has 1 unspecified atom stereocenters. The molecule has 3 heteroatoms. The summed E-state index contributed by atoms with van der Waals surface area (Å²) in [4.78, 5) is 2.58. The second kappa shape index (κ2) is 6.11. The maximum atomic E-state index is 9.52. The molecule has 0 bridgehead atoms. The zero-order valence-electron chi connectivity index (χ0n) is 12.2. The van der Waals surface area contributed by atoms with Crippen LogP contribution in [0.4, 0.5) is 0 Å². The number of likely N-dealkylation sites (tertiary alicyclic amines) is 1. The van der Waals surface area contributed by atoms with Crippen LogP contribution in [0, 0.1) is 5.41 Å². The molecule has 110 valence electrons. The first-order valence-electron chi connectivity index (χ1n) is 8.40. The number of aliphatic hydroxyl groups is 1. The first kappa shape index (κ1) is 13.8. The molecule has 0 aromatic rings. The summed E-state index contributed by atoms with van der Waals surface area (Å²) in [7, 11) is 0.